The fraction of sp³-hybridized carbons (Fsp3) is 0.857. The molecule has 0 bridgehead atoms. The molecular weight excluding hydrogens is 400 g/mol. The highest BCUT2D eigenvalue weighted by Gasteiger charge is 2.07. The van der Waals surface area contributed by atoms with Gasteiger partial charge in [-0.25, -0.2) is 0 Å². The number of esters is 2. The molecule has 0 atom stereocenters. The summed E-state index contributed by atoms with van der Waals surface area (Å²) < 4.78 is 10.3. The second kappa shape index (κ2) is 25.9. The standard InChI is InChI=1S/C28H52O4/c1-3-5-7-8-9-10-11-12-13-14-15-16-17-18-19-21-26-32-28(30)24-22-23-27(29)31-25-20-6-4-2/h4H,2-3,5-26H2,1H3. The predicted octanol–water partition coefficient (Wildman–Crippen LogP) is 8.47. The molecule has 32 heavy (non-hydrogen) atoms. The van der Waals surface area contributed by atoms with Gasteiger partial charge in [0.05, 0.1) is 13.2 Å². The van der Waals surface area contributed by atoms with Crippen molar-refractivity contribution < 1.29 is 19.1 Å². The number of carbonyl (C=O) groups is 2. The van der Waals surface area contributed by atoms with Gasteiger partial charge < -0.3 is 9.47 Å². The van der Waals surface area contributed by atoms with Crippen LogP contribution in [0.25, 0.3) is 0 Å². The van der Waals surface area contributed by atoms with Gasteiger partial charge in [0.2, 0.25) is 0 Å². The van der Waals surface area contributed by atoms with Gasteiger partial charge in [0, 0.05) is 12.8 Å². The monoisotopic (exact) mass is 452 g/mol. The van der Waals surface area contributed by atoms with Crippen molar-refractivity contribution in [2.45, 2.75) is 142 Å². The largest absolute Gasteiger partial charge is 0.466 e. The van der Waals surface area contributed by atoms with Crippen molar-refractivity contribution in [3.8, 4) is 0 Å². The highest BCUT2D eigenvalue weighted by atomic mass is 16.5. The van der Waals surface area contributed by atoms with Crippen molar-refractivity contribution in [1.29, 1.82) is 0 Å². The van der Waals surface area contributed by atoms with E-state index in [-0.39, 0.29) is 18.4 Å². The number of hydrogen-bond donors (Lipinski definition) is 0. The van der Waals surface area contributed by atoms with E-state index in [9.17, 15) is 9.59 Å². The van der Waals surface area contributed by atoms with Gasteiger partial charge >= 0.3 is 11.9 Å². The van der Waals surface area contributed by atoms with Gasteiger partial charge in [-0.15, -0.1) is 6.58 Å². The summed E-state index contributed by atoms with van der Waals surface area (Å²) in [5.74, 6) is -0.440. The number of rotatable bonds is 25. The first-order chi connectivity index (χ1) is 15.7. The summed E-state index contributed by atoms with van der Waals surface area (Å²) in [7, 11) is 0. The first kappa shape index (κ1) is 30.7. The molecule has 0 N–H and O–H groups in total. The summed E-state index contributed by atoms with van der Waals surface area (Å²) in [5, 5.41) is 0. The molecule has 0 saturated heterocycles. The molecule has 0 heterocycles. The zero-order valence-corrected chi connectivity index (χ0v) is 21.2. The second-order valence-electron chi connectivity index (χ2n) is 9.03. The summed E-state index contributed by atoms with van der Waals surface area (Å²) in [6.45, 7) is 6.83. The third-order valence-corrected chi connectivity index (χ3v) is 5.84. The maximum absolute atomic E-state index is 11.7. The molecule has 0 fully saturated rings. The Morgan fingerprint density at radius 2 is 0.938 bits per heavy atom. The van der Waals surface area contributed by atoms with E-state index in [0.29, 0.717) is 26.1 Å². The van der Waals surface area contributed by atoms with Crippen LogP contribution in [0.5, 0.6) is 0 Å². The number of unbranched alkanes of at least 4 members (excludes halogenated alkanes) is 16. The molecule has 0 aliphatic carbocycles. The van der Waals surface area contributed by atoms with Crippen molar-refractivity contribution in [3.05, 3.63) is 12.7 Å². The minimum atomic E-state index is -0.236. The van der Waals surface area contributed by atoms with Crippen LogP contribution in [-0.2, 0) is 19.1 Å². The van der Waals surface area contributed by atoms with Crippen LogP contribution in [0.15, 0.2) is 12.7 Å². The lowest BCUT2D eigenvalue weighted by Crippen LogP contribution is -2.09. The second-order valence-corrected chi connectivity index (χ2v) is 9.03. The molecule has 0 spiro atoms. The molecule has 188 valence electrons. The fourth-order valence-electron chi connectivity index (χ4n) is 3.77. The smallest absolute Gasteiger partial charge is 0.305 e. The molecule has 4 heteroatoms. The summed E-state index contributed by atoms with van der Waals surface area (Å²) in [6, 6.07) is 0. The number of hydrogen-bond acceptors (Lipinski definition) is 4. The number of ether oxygens (including phenoxy) is 2. The average molecular weight is 453 g/mol. The lowest BCUT2D eigenvalue weighted by Gasteiger charge is -2.06. The van der Waals surface area contributed by atoms with Crippen LogP contribution in [0.3, 0.4) is 0 Å². The highest BCUT2D eigenvalue weighted by Crippen LogP contribution is 2.13. The first-order valence-corrected chi connectivity index (χ1v) is 13.6. The van der Waals surface area contributed by atoms with E-state index in [4.69, 9.17) is 9.47 Å². The normalized spacial score (nSPS) is 10.8. The fourth-order valence-corrected chi connectivity index (χ4v) is 3.77. The van der Waals surface area contributed by atoms with E-state index in [1.54, 1.807) is 0 Å². The van der Waals surface area contributed by atoms with Crippen LogP contribution in [0.2, 0.25) is 0 Å². The Morgan fingerprint density at radius 3 is 1.34 bits per heavy atom. The summed E-state index contributed by atoms with van der Waals surface area (Å²) in [4.78, 5) is 23.2. The van der Waals surface area contributed by atoms with Gasteiger partial charge in [0.1, 0.15) is 0 Å². The minimum Gasteiger partial charge on any atom is -0.466 e. The average Bonchev–Trinajstić information content (AvgIpc) is 2.79. The summed E-state index contributed by atoms with van der Waals surface area (Å²) >= 11 is 0. The summed E-state index contributed by atoms with van der Waals surface area (Å²) in [5.41, 5.74) is 0. The highest BCUT2D eigenvalue weighted by molar-refractivity contribution is 5.72. The van der Waals surface area contributed by atoms with Gasteiger partial charge in [0.15, 0.2) is 0 Å². The molecule has 0 amide bonds. The summed E-state index contributed by atoms with van der Waals surface area (Å²) in [6.07, 6.45) is 25.9. The third-order valence-electron chi connectivity index (χ3n) is 5.84. The Hall–Kier alpha value is -1.32. The van der Waals surface area contributed by atoms with E-state index >= 15 is 0 Å². The molecule has 0 aromatic rings. The van der Waals surface area contributed by atoms with Crippen LogP contribution in [-0.4, -0.2) is 25.2 Å². The van der Waals surface area contributed by atoms with Crippen molar-refractivity contribution in [2.24, 2.45) is 0 Å². The van der Waals surface area contributed by atoms with E-state index in [1.165, 1.54) is 89.9 Å². The molecule has 0 aliphatic rings. The molecular formula is C28H52O4. The Bertz CT molecular complexity index is 433. The molecule has 0 rings (SSSR count). The van der Waals surface area contributed by atoms with Gasteiger partial charge in [-0.2, -0.15) is 0 Å². The molecule has 0 aromatic heterocycles. The minimum absolute atomic E-state index is 0.203. The molecule has 4 nitrogen and oxygen atoms in total. The molecule has 0 radical (unpaired) electrons. The molecule has 0 unspecified atom stereocenters. The molecule has 0 aliphatic heterocycles. The van der Waals surface area contributed by atoms with Crippen molar-refractivity contribution >= 4 is 11.9 Å². The van der Waals surface area contributed by atoms with E-state index < -0.39 is 0 Å². The SMILES string of the molecule is C=CCCCOC(=O)CCCC(=O)OCCCCCCCCCCCCCCCCCC. The van der Waals surface area contributed by atoms with Gasteiger partial charge in [-0.3, -0.25) is 9.59 Å². The lowest BCUT2D eigenvalue weighted by molar-refractivity contribution is -0.145. The maximum Gasteiger partial charge on any atom is 0.305 e. The van der Waals surface area contributed by atoms with Crippen molar-refractivity contribution in [3.63, 3.8) is 0 Å². The maximum atomic E-state index is 11.7. The lowest BCUT2D eigenvalue weighted by atomic mass is 10.0. The van der Waals surface area contributed by atoms with Gasteiger partial charge in [0.25, 0.3) is 0 Å². The Balaban J connectivity index is 3.22. The zero-order valence-electron chi connectivity index (χ0n) is 21.2. The Kier molecular flexibility index (Phi) is 24.9. The topological polar surface area (TPSA) is 52.6 Å². The van der Waals surface area contributed by atoms with Crippen LogP contribution in [0.4, 0.5) is 0 Å². The van der Waals surface area contributed by atoms with Crippen LogP contribution in [0.1, 0.15) is 142 Å². The number of allylic oxidation sites excluding steroid dienone is 1. The molecule has 0 aromatic carbocycles. The first-order valence-electron chi connectivity index (χ1n) is 13.6. The quantitative estimate of drug-likeness (QED) is 0.0791. The number of carbonyl (C=O) groups excluding carboxylic acids is 2. The third kappa shape index (κ3) is 24.9. The predicted molar refractivity (Wildman–Crippen MR) is 135 cm³/mol. The van der Waals surface area contributed by atoms with Gasteiger partial charge in [-0.1, -0.05) is 109 Å². The zero-order chi connectivity index (χ0) is 23.5. The van der Waals surface area contributed by atoms with E-state index in [2.05, 4.69) is 13.5 Å². The van der Waals surface area contributed by atoms with Crippen molar-refractivity contribution in [1.82, 2.24) is 0 Å². The Morgan fingerprint density at radius 1 is 0.562 bits per heavy atom. The van der Waals surface area contributed by atoms with E-state index in [1.807, 2.05) is 6.08 Å². The van der Waals surface area contributed by atoms with Crippen LogP contribution >= 0.6 is 0 Å². The van der Waals surface area contributed by atoms with Crippen LogP contribution < -0.4 is 0 Å². The van der Waals surface area contributed by atoms with E-state index in [0.717, 1.165) is 25.7 Å². The Labute approximate surface area is 198 Å². The molecule has 0 saturated carbocycles. The van der Waals surface area contributed by atoms with Crippen molar-refractivity contribution in [2.75, 3.05) is 13.2 Å². The van der Waals surface area contributed by atoms with Crippen LogP contribution in [0, 0.1) is 0 Å². The van der Waals surface area contributed by atoms with Gasteiger partial charge in [-0.05, 0) is 25.7 Å².